The molecule has 1 aliphatic rings. The largest absolute Gasteiger partial charge is 0.504 e. The number of benzene rings is 2. The lowest BCUT2D eigenvalue weighted by molar-refractivity contribution is -0.0990. The molecule has 0 radical (unpaired) electrons. The Bertz CT molecular complexity index is 1190. The lowest BCUT2D eigenvalue weighted by Crippen LogP contribution is -2.37. The van der Waals surface area contributed by atoms with Crippen LogP contribution in [0.25, 0.3) is 6.08 Å². The molecular weight excluding hydrogens is 448 g/mol. The van der Waals surface area contributed by atoms with Gasteiger partial charge in [0.1, 0.15) is 6.26 Å². The van der Waals surface area contributed by atoms with E-state index in [1.165, 1.54) is 30.3 Å². The Balaban J connectivity index is 1.95. The van der Waals surface area contributed by atoms with Gasteiger partial charge in [0.25, 0.3) is 6.29 Å². The molecule has 0 bridgehead atoms. The van der Waals surface area contributed by atoms with Gasteiger partial charge < -0.3 is 23.9 Å². The minimum absolute atomic E-state index is 0.0238. The summed E-state index contributed by atoms with van der Waals surface area (Å²) in [6, 6.07) is 7.64. The maximum absolute atomic E-state index is 11.2. The SMILES string of the molecule is O=S(=O)(O)OC=Cc1ccc2c(c1)O[C@H](c1ccc(O)c(O)c1)[C@@H](OS(=O)(=O)O)O2. The Kier molecular flexibility index (Phi) is 5.78. The van der Waals surface area contributed by atoms with E-state index in [1.807, 2.05) is 0 Å². The van der Waals surface area contributed by atoms with Crippen molar-refractivity contribution in [1.82, 2.24) is 0 Å². The van der Waals surface area contributed by atoms with Gasteiger partial charge in [-0.25, -0.2) is 4.18 Å². The first-order valence-electron chi connectivity index (χ1n) is 7.88. The topological polar surface area (TPSA) is 186 Å². The van der Waals surface area contributed by atoms with Crippen LogP contribution >= 0.6 is 0 Å². The quantitative estimate of drug-likeness (QED) is 0.276. The van der Waals surface area contributed by atoms with Gasteiger partial charge in [0, 0.05) is 5.56 Å². The van der Waals surface area contributed by atoms with E-state index in [-0.39, 0.29) is 17.1 Å². The van der Waals surface area contributed by atoms with Crippen LogP contribution in [0.2, 0.25) is 0 Å². The molecule has 162 valence electrons. The molecule has 1 heterocycles. The summed E-state index contributed by atoms with van der Waals surface area (Å²) in [5.41, 5.74) is 0.489. The fourth-order valence-electron chi connectivity index (χ4n) is 2.51. The number of aromatic hydroxyl groups is 2. The maximum Gasteiger partial charge on any atom is 0.445 e. The zero-order valence-electron chi connectivity index (χ0n) is 14.6. The Labute approximate surface area is 170 Å². The summed E-state index contributed by atoms with van der Waals surface area (Å²) in [4.78, 5) is 0. The van der Waals surface area contributed by atoms with Crippen LogP contribution in [0.15, 0.2) is 42.7 Å². The molecule has 12 nitrogen and oxygen atoms in total. The van der Waals surface area contributed by atoms with E-state index in [9.17, 15) is 27.0 Å². The van der Waals surface area contributed by atoms with Crippen LogP contribution in [-0.2, 0) is 29.2 Å². The van der Waals surface area contributed by atoms with E-state index >= 15 is 0 Å². The number of phenolic OH excluding ortho intramolecular Hbond substituents is 2. The molecule has 0 saturated carbocycles. The third kappa shape index (κ3) is 5.52. The van der Waals surface area contributed by atoms with E-state index in [1.54, 1.807) is 0 Å². The van der Waals surface area contributed by atoms with Crippen LogP contribution in [0.4, 0.5) is 0 Å². The van der Waals surface area contributed by atoms with Crippen LogP contribution in [0, 0.1) is 0 Å². The number of phenols is 2. The van der Waals surface area contributed by atoms with E-state index in [0.717, 1.165) is 12.1 Å². The van der Waals surface area contributed by atoms with E-state index < -0.39 is 44.7 Å². The number of fused-ring (bicyclic) bond motifs is 1. The molecule has 2 aromatic rings. The highest BCUT2D eigenvalue weighted by molar-refractivity contribution is 7.81. The standard InChI is InChI=1S/C16H14O12S2/c17-11-3-2-10(8-12(11)18)15-16(28-30(22,23)24)27-13-4-1-9(7-14(13)26-15)5-6-25-29(19,20)21/h1-8,15-18H,(H,19,20,21)(H,22,23,24)/t15-,16-/m1/s1. The van der Waals surface area contributed by atoms with Crippen LogP contribution < -0.4 is 9.47 Å². The average Bonchev–Trinajstić information content (AvgIpc) is 2.61. The smallest absolute Gasteiger partial charge is 0.445 e. The fraction of sp³-hybridized carbons (Fsp3) is 0.125. The van der Waals surface area contributed by atoms with Crippen molar-refractivity contribution >= 4 is 26.9 Å². The highest BCUT2D eigenvalue weighted by Gasteiger charge is 2.37. The first-order valence-corrected chi connectivity index (χ1v) is 10.6. The van der Waals surface area contributed by atoms with Crippen molar-refractivity contribution in [2.45, 2.75) is 12.4 Å². The predicted octanol–water partition coefficient (Wildman–Crippen LogP) is 1.55. The summed E-state index contributed by atoms with van der Waals surface area (Å²) in [5, 5.41) is 19.2. The van der Waals surface area contributed by atoms with Crippen LogP contribution in [-0.4, -0.2) is 42.4 Å². The highest BCUT2D eigenvalue weighted by atomic mass is 32.3. The molecule has 14 heteroatoms. The molecule has 0 unspecified atom stereocenters. The van der Waals surface area contributed by atoms with Crippen LogP contribution in [0.5, 0.6) is 23.0 Å². The van der Waals surface area contributed by atoms with Crippen molar-refractivity contribution in [1.29, 1.82) is 0 Å². The lowest BCUT2D eigenvalue weighted by Gasteiger charge is -2.33. The first-order chi connectivity index (χ1) is 13.9. The summed E-state index contributed by atoms with van der Waals surface area (Å²) in [6.45, 7) is 0. The molecule has 0 fully saturated rings. The van der Waals surface area contributed by atoms with Crippen LogP contribution in [0.3, 0.4) is 0 Å². The molecule has 0 spiro atoms. The van der Waals surface area contributed by atoms with Gasteiger partial charge in [0.2, 0.25) is 0 Å². The summed E-state index contributed by atoms with van der Waals surface area (Å²) >= 11 is 0. The maximum atomic E-state index is 11.2. The summed E-state index contributed by atoms with van der Waals surface area (Å²) in [6.07, 6.45) is -1.10. The predicted molar refractivity (Wildman–Crippen MR) is 98.3 cm³/mol. The molecule has 2 atom stereocenters. The summed E-state index contributed by atoms with van der Waals surface area (Å²) < 4.78 is 80.8. The van der Waals surface area contributed by atoms with Crippen molar-refractivity contribution in [2.75, 3.05) is 0 Å². The molecule has 0 saturated heterocycles. The molecule has 30 heavy (non-hydrogen) atoms. The van der Waals surface area contributed by atoms with Crippen molar-refractivity contribution in [2.24, 2.45) is 0 Å². The lowest BCUT2D eigenvalue weighted by atomic mass is 10.1. The second kappa shape index (κ2) is 8.00. The van der Waals surface area contributed by atoms with Crippen LogP contribution in [0.1, 0.15) is 17.2 Å². The molecule has 2 aromatic carbocycles. The van der Waals surface area contributed by atoms with Gasteiger partial charge in [0.15, 0.2) is 29.1 Å². The Morgan fingerprint density at radius 2 is 1.60 bits per heavy atom. The van der Waals surface area contributed by atoms with Gasteiger partial charge in [-0.3, -0.25) is 9.11 Å². The van der Waals surface area contributed by atoms with Crippen molar-refractivity contribution in [3.05, 3.63) is 53.8 Å². The van der Waals surface area contributed by atoms with E-state index in [2.05, 4.69) is 8.37 Å². The minimum atomic E-state index is -4.94. The van der Waals surface area contributed by atoms with Gasteiger partial charge in [-0.15, -0.1) is 0 Å². The molecule has 0 amide bonds. The Morgan fingerprint density at radius 1 is 0.867 bits per heavy atom. The molecule has 0 aromatic heterocycles. The second-order valence-corrected chi connectivity index (χ2v) is 7.93. The Hall–Kier alpha value is -3.04. The van der Waals surface area contributed by atoms with Crippen molar-refractivity contribution in [3.63, 3.8) is 0 Å². The third-order valence-electron chi connectivity index (χ3n) is 3.69. The first kappa shape index (κ1) is 21.7. The molecule has 0 aliphatic carbocycles. The molecule has 1 aliphatic heterocycles. The number of hydrogen-bond donors (Lipinski definition) is 4. The number of hydrogen-bond acceptors (Lipinski definition) is 10. The van der Waals surface area contributed by atoms with Gasteiger partial charge in [-0.1, -0.05) is 12.1 Å². The highest BCUT2D eigenvalue weighted by Crippen LogP contribution is 2.42. The fourth-order valence-corrected chi connectivity index (χ4v) is 3.08. The zero-order chi connectivity index (χ0) is 22.1. The molecular formula is C16H14O12S2. The van der Waals surface area contributed by atoms with Gasteiger partial charge >= 0.3 is 20.8 Å². The zero-order valence-corrected chi connectivity index (χ0v) is 16.3. The van der Waals surface area contributed by atoms with Gasteiger partial charge in [-0.2, -0.15) is 16.8 Å². The monoisotopic (exact) mass is 462 g/mol. The van der Waals surface area contributed by atoms with Gasteiger partial charge in [-0.05, 0) is 35.9 Å². The second-order valence-electron chi connectivity index (χ2n) is 5.83. The third-order valence-corrected chi connectivity index (χ3v) is 4.48. The minimum Gasteiger partial charge on any atom is -0.504 e. The van der Waals surface area contributed by atoms with E-state index in [4.69, 9.17) is 18.6 Å². The van der Waals surface area contributed by atoms with E-state index in [0.29, 0.717) is 11.8 Å². The average molecular weight is 462 g/mol. The van der Waals surface area contributed by atoms with Crippen molar-refractivity contribution in [3.8, 4) is 23.0 Å². The van der Waals surface area contributed by atoms with Gasteiger partial charge in [0.05, 0.1) is 0 Å². The number of rotatable bonds is 6. The Morgan fingerprint density at radius 3 is 2.23 bits per heavy atom. The number of ether oxygens (including phenoxy) is 2. The summed E-state index contributed by atoms with van der Waals surface area (Å²) in [7, 11) is -9.62. The summed E-state index contributed by atoms with van der Waals surface area (Å²) in [5.74, 6) is -0.867. The molecule has 4 N–H and O–H groups in total. The molecule has 3 rings (SSSR count). The van der Waals surface area contributed by atoms with Crippen molar-refractivity contribution < 1.29 is 54.0 Å². The normalized spacial score (nSPS) is 19.0.